The Morgan fingerprint density at radius 2 is 2.13 bits per heavy atom. The fraction of sp³-hybridized carbons (Fsp3) is 0.375. The van der Waals surface area contributed by atoms with E-state index in [2.05, 4.69) is 9.88 Å². The largest absolute Gasteiger partial charge is 0.484 e. The van der Waals surface area contributed by atoms with Crippen LogP contribution < -0.4 is 9.64 Å². The van der Waals surface area contributed by atoms with Crippen molar-refractivity contribution in [2.45, 2.75) is 6.92 Å². The van der Waals surface area contributed by atoms with Gasteiger partial charge in [-0.2, -0.15) is 0 Å². The van der Waals surface area contributed by atoms with E-state index in [0.29, 0.717) is 23.9 Å². The van der Waals surface area contributed by atoms with Crippen LogP contribution in [0.1, 0.15) is 5.56 Å². The van der Waals surface area contributed by atoms with Crippen molar-refractivity contribution in [3.8, 4) is 5.75 Å². The van der Waals surface area contributed by atoms with Gasteiger partial charge in [-0.05, 0) is 30.7 Å². The predicted molar refractivity (Wildman–Crippen MR) is 92.6 cm³/mol. The maximum Gasteiger partial charge on any atom is 0.260 e. The van der Waals surface area contributed by atoms with Gasteiger partial charge in [-0.25, -0.2) is 4.98 Å². The SMILES string of the molecule is Cc1cc(OCC(=O)N2CCN(c3nccs3)CC2)ccc1Cl. The molecule has 3 rings (SSSR count). The number of hydrogen-bond donors (Lipinski definition) is 0. The van der Waals surface area contributed by atoms with Crippen molar-refractivity contribution in [3.05, 3.63) is 40.4 Å². The third-order valence-electron chi connectivity index (χ3n) is 3.81. The summed E-state index contributed by atoms with van der Waals surface area (Å²) in [6.07, 6.45) is 1.81. The number of ether oxygens (including phenoxy) is 1. The molecule has 7 heteroatoms. The second kappa shape index (κ2) is 7.19. The van der Waals surface area contributed by atoms with E-state index in [-0.39, 0.29) is 12.5 Å². The molecular formula is C16H18ClN3O2S. The maximum atomic E-state index is 12.3. The van der Waals surface area contributed by atoms with Crippen LogP contribution in [0.15, 0.2) is 29.8 Å². The summed E-state index contributed by atoms with van der Waals surface area (Å²) in [5.74, 6) is 0.679. The standard InChI is InChI=1S/C16H18ClN3O2S/c1-12-10-13(2-3-14(12)17)22-11-15(21)19-5-7-20(8-6-19)16-18-4-9-23-16/h2-4,9-10H,5-8,11H2,1H3. The quantitative estimate of drug-likeness (QED) is 0.849. The van der Waals surface area contributed by atoms with Crippen molar-refractivity contribution in [1.29, 1.82) is 0 Å². The lowest BCUT2D eigenvalue weighted by Crippen LogP contribution is -2.50. The van der Waals surface area contributed by atoms with E-state index in [1.807, 2.05) is 23.3 Å². The lowest BCUT2D eigenvalue weighted by molar-refractivity contribution is -0.133. The predicted octanol–water partition coefficient (Wildman–Crippen LogP) is 2.83. The number of aryl methyl sites for hydroxylation is 1. The molecule has 0 bridgehead atoms. The molecule has 1 aromatic carbocycles. The summed E-state index contributed by atoms with van der Waals surface area (Å²) >= 11 is 7.61. The first-order chi connectivity index (χ1) is 11.1. The second-order valence-electron chi connectivity index (χ2n) is 5.38. The minimum Gasteiger partial charge on any atom is -0.484 e. The minimum absolute atomic E-state index is 0.0105. The molecule has 0 spiro atoms. The van der Waals surface area contributed by atoms with Crippen LogP contribution in [0, 0.1) is 6.92 Å². The normalized spacial score (nSPS) is 14.9. The Hall–Kier alpha value is -1.79. The fourth-order valence-electron chi connectivity index (χ4n) is 2.46. The fourth-order valence-corrected chi connectivity index (χ4v) is 3.28. The molecule has 1 aromatic heterocycles. The summed E-state index contributed by atoms with van der Waals surface area (Å²) in [5, 5.41) is 3.68. The van der Waals surface area contributed by atoms with E-state index in [1.54, 1.807) is 29.7 Å². The van der Waals surface area contributed by atoms with Gasteiger partial charge in [-0.3, -0.25) is 4.79 Å². The van der Waals surface area contributed by atoms with E-state index in [9.17, 15) is 4.79 Å². The number of hydrogen-bond acceptors (Lipinski definition) is 5. The highest BCUT2D eigenvalue weighted by molar-refractivity contribution is 7.13. The van der Waals surface area contributed by atoms with E-state index < -0.39 is 0 Å². The van der Waals surface area contributed by atoms with Crippen LogP contribution in [-0.4, -0.2) is 48.6 Å². The number of carbonyl (C=O) groups excluding carboxylic acids is 1. The third-order valence-corrected chi connectivity index (χ3v) is 5.07. The second-order valence-corrected chi connectivity index (χ2v) is 6.66. The van der Waals surface area contributed by atoms with Gasteiger partial charge in [0.15, 0.2) is 11.7 Å². The smallest absolute Gasteiger partial charge is 0.260 e. The topological polar surface area (TPSA) is 45.7 Å². The lowest BCUT2D eigenvalue weighted by Gasteiger charge is -2.34. The van der Waals surface area contributed by atoms with Gasteiger partial charge < -0.3 is 14.5 Å². The van der Waals surface area contributed by atoms with Gasteiger partial charge in [-0.1, -0.05) is 11.6 Å². The molecule has 2 heterocycles. The summed E-state index contributed by atoms with van der Waals surface area (Å²) < 4.78 is 5.58. The van der Waals surface area contributed by atoms with Gasteiger partial charge in [0.1, 0.15) is 5.75 Å². The Kier molecular flexibility index (Phi) is 5.03. The molecule has 0 atom stereocenters. The Morgan fingerprint density at radius 3 is 2.78 bits per heavy atom. The first-order valence-electron chi connectivity index (χ1n) is 7.44. The van der Waals surface area contributed by atoms with Gasteiger partial charge in [0, 0.05) is 42.8 Å². The van der Waals surface area contributed by atoms with Gasteiger partial charge >= 0.3 is 0 Å². The number of rotatable bonds is 4. The number of nitrogens with zero attached hydrogens (tertiary/aromatic N) is 3. The molecular weight excluding hydrogens is 334 g/mol. The molecule has 0 saturated carbocycles. The highest BCUT2D eigenvalue weighted by atomic mass is 35.5. The highest BCUT2D eigenvalue weighted by Gasteiger charge is 2.22. The average Bonchev–Trinajstić information content (AvgIpc) is 3.10. The van der Waals surface area contributed by atoms with Gasteiger partial charge in [0.2, 0.25) is 0 Å². The molecule has 1 amide bonds. The first kappa shape index (κ1) is 16.1. The summed E-state index contributed by atoms with van der Waals surface area (Å²) in [6.45, 7) is 4.97. The lowest BCUT2D eigenvalue weighted by atomic mass is 10.2. The van der Waals surface area contributed by atoms with E-state index in [4.69, 9.17) is 16.3 Å². The summed E-state index contributed by atoms with van der Waals surface area (Å²) in [6, 6.07) is 5.41. The molecule has 0 N–H and O–H groups in total. The van der Waals surface area contributed by atoms with Crippen molar-refractivity contribution >= 4 is 34.0 Å². The molecule has 5 nitrogen and oxygen atoms in total. The minimum atomic E-state index is 0.0105. The van der Waals surface area contributed by atoms with Crippen molar-refractivity contribution < 1.29 is 9.53 Å². The van der Waals surface area contributed by atoms with Crippen LogP contribution in [0.3, 0.4) is 0 Å². The molecule has 1 saturated heterocycles. The zero-order valence-electron chi connectivity index (χ0n) is 12.9. The molecule has 1 fully saturated rings. The molecule has 122 valence electrons. The number of anilines is 1. The van der Waals surface area contributed by atoms with Gasteiger partial charge in [0.25, 0.3) is 5.91 Å². The van der Waals surface area contributed by atoms with Gasteiger partial charge in [0.05, 0.1) is 0 Å². The van der Waals surface area contributed by atoms with E-state index >= 15 is 0 Å². The zero-order chi connectivity index (χ0) is 16.2. The highest BCUT2D eigenvalue weighted by Crippen LogP contribution is 2.21. The third kappa shape index (κ3) is 3.95. The first-order valence-corrected chi connectivity index (χ1v) is 8.70. The monoisotopic (exact) mass is 351 g/mol. The number of carbonyl (C=O) groups is 1. The maximum absolute atomic E-state index is 12.3. The Bertz CT molecular complexity index is 670. The Balaban J connectivity index is 1.48. The molecule has 1 aliphatic rings. The molecule has 0 unspecified atom stereocenters. The van der Waals surface area contributed by atoms with Gasteiger partial charge in [-0.15, -0.1) is 11.3 Å². The van der Waals surface area contributed by atoms with Crippen LogP contribution in [0.4, 0.5) is 5.13 Å². The average molecular weight is 352 g/mol. The number of amides is 1. The summed E-state index contributed by atoms with van der Waals surface area (Å²) in [5.41, 5.74) is 0.939. The van der Waals surface area contributed by atoms with Crippen LogP contribution >= 0.6 is 22.9 Å². The van der Waals surface area contributed by atoms with Crippen LogP contribution in [0.25, 0.3) is 0 Å². The van der Waals surface area contributed by atoms with Crippen LogP contribution in [-0.2, 0) is 4.79 Å². The zero-order valence-corrected chi connectivity index (χ0v) is 14.4. The molecule has 1 aliphatic heterocycles. The molecule has 23 heavy (non-hydrogen) atoms. The number of piperazine rings is 1. The molecule has 0 radical (unpaired) electrons. The number of thiazole rings is 1. The Labute approximate surface area is 144 Å². The summed E-state index contributed by atoms with van der Waals surface area (Å²) in [4.78, 5) is 20.6. The van der Waals surface area contributed by atoms with E-state index in [0.717, 1.165) is 23.8 Å². The van der Waals surface area contributed by atoms with Crippen LogP contribution in [0.5, 0.6) is 5.75 Å². The molecule has 0 aliphatic carbocycles. The van der Waals surface area contributed by atoms with Crippen molar-refractivity contribution in [2.75, 3.05) is 37.7 Å². The van der Waals surface area contributed by atoms with Crippen molar-refractivity contribution in [2.24, 2.45) is 0 Å². The molecule has 2 aromatic rings. The number of halogens is 1. The van der Waals surface area contributed by atoms with E-state index in [1.165, 1.54) is 0 Å². The Morgan fingerprint density at radius 1 is 1.35 bits per heavy atom. The van der Waals surface area contributed by atoms with Crippen molar-refractivity contribution in [1.82, 2.24) is 9.88 Å². The number of benzene rings is 1. The number of aromatic nitrogens is 1. The summed E-state index contributed by atoms with van der Waals surface area (Å²) in [7, 11) is 0. The van der Waals surface area contributed by atoms with Crippen molar-refractivity contribution in [3.63, 3.8) is 0 Å². The van der Waals surface area contributed by atoms with Crippen LogP contribution in [0.2, 0.25) is 5.02 Å².